The summed E-state index contributed by atoms with van der Waals surface area (Å²) in [6.07, 6.45) is 1.08. The van der Waals surface area contributed by atoms with Crippen LogP contribution in [0.15, 0.2) is 0 Å². The molecule has 1 fully saturated rings. The first-order chi connectivity index (χ1) is 8.22. The molecule has 1 aliphatic rings. The van der Waals surface area contributed by atoms with Gasteiger partial charge >= 0.3 is 12.0 Å². The Morgan fingerprint density at radius 2 is 2.11 bits per heavy atom. The average Bonchev–Trinajstić information content (AvgIpc) is 2.63. The van der Waals surface area contributed by atoms with Crippen LogP contribution in [0.4, 0.5) is 4.79 Å². The van der Waals surface area contributed by atoms with Crippen molar-refractivity contribution in [3.8, 4) is 0 Å². The number of urea groups is 1. The molecule has 1 aliphatic heterocycles. The maximum Gasteiger partial charge on any atom is 0.328 e. The highest BCUT2D eigenvalue weighted by Gasteiger charge is 2.31. The van der Waals surface area contributed by atoms with E-state index in [1.807, 2.05) is 0 Å². The molecule has 104 valence electrons. The molecule has 0 spiro atoms. The zero-order valence-corrected chi connectivity index (χ0v) is 11.6. The van der Waals surface area contributed by atoms with Gasteiger partial charge in [-0.3, -0.25) is 0 Å². The minimum atomic E-state index is -1.24. The number of carboxylic acid groups (broad SMARTS) is 1. The van der Waals surface area contributed by atoms with Crippen LogP contribution < -0.4 is 5.32 Å². The van der Waals surface area contributed by atoms with Gasteiger partial charge in [0.2, 0.25) is 0 Å². The Labute approximate surface area is 108 Å². The molecular formula is C12H23N3O3. The fourth-order valence-corrected chi connectivity index (χ4v) is 2.06. The van der Waals surface area contributed by atoms with Gasteiger partial charge in [0.15, 0.2) is 0 Å². The normalized spacial score (nSPS) is 20.8. The lowest BCUT2D eigenvalue weighted by atomic mass is 10.1. The molecule has 0 bridgehead atoms. The van der Waals surface area contributed by atoms with Crippen LogP contribution in [0.3, 0.4) is 0 Å². The number of likely N-dealkylation sites (tertiary alicyclic amines) is 1. The molecular weight excluding hydrogens is 234 g/mol. The molecule has 6 heteroatoms. The van der Waals surface area contributed by atoms with Gasteiger partial charge in [0.1, 0.15) is 5.54 Å². The van der Waals surface area contributed by atoms with E-state index >= 15 is 0 Å². The monoisotopic (exact) mass is 257 g/mol. The molecule has 0 aromatic heterocycles. The molecule has 0 aromatic carbocycles. The zero-order chi connectivity index (χ0) is 13.9. The number of nitrogens with zero attached hydrogens (tertiary/aromatic N) is 2. The van der Waals surface area contributed by atoms with Crippen LogP contribution in [0.25, 0.3) is 0 Å². The summed E-state index contributed by atoms with van der Waals surface area (Å²) in [4.78, 5) is 26.6. The molecule has 0 aliphatic carbocycles. The third kappa shape index (κ3) is 3.87. The Bertz CT molecular complexity index is 331. The van der Waals surface area contributed by atoms with E-state index in [-0.39, 0.29) is 6.03 Å². The Morgan fingerprint density at radius 3 is 2.56 bits per heavy atom. The first-order valence-electron chi connectivity index (χ1n) is 6.17. The van der Waals surface area contributed by atoms with Gasteiger partial charge in [-0.15, -0.1) is 0 Å². The summed E-state index contributed by atoms with van der Waals surface area (Å²) in [5.74, 6) is -0.566. The minimum absolute atomic E-state index is 0.336. The van der Waals surface area contributed by atoms with E-state index in [9.17, 15) is 9.59 Å². The second kappa shape index (κ2) is 5.56. The number of amides is 2. The third-order valence-corrected chi connectivity index (χ3v) is 3.32. The van der Waals surface area contributed by atoms with E-state index in [4.69, 9.17) is 5.11 Å². The molecule has 0 saturated carbocycles. The van der Waals surface area contributed by atoms with Gasteiger partial charge in [-0.25, -0.2) is 9.59 Å². The molecule has 1 rings (SSSR count). The van der Waals surface area contributed by atoms with E-state index < -0.39 is 11.5 Å². The van der Waals surface area contributed by atoms with Crippen molar-refractivity contribution in [1.29, 1.82) is 0 Å². The lowest BCUT2D eigenvalue weighted by Gasteiger charge is -2.27. The number of hydrogen-bond donors (Lipinski definition) is 2. The number of rotatable bonds is 4. The van der Waals surface area contributed by atoms with Crippen molar-refractivity contribution in [2.24, 2.45) is 5.92 Å². The van der Waals surface area contributed by atoms with Gasteiger partial charge < -0.3 is 20.2 Å². The highest BCUT2D eigenvalue weighted by Crippen LogP contribution is 2.15. The number of aliphatic carboxylic acids is 1. The second-order valence-corrected chi connectivity index (χ2v) is 5.66. The van der Waals surface area contributed by atoms with E-state index in [1.165, 1.54) is 13.8 Å². The summed E-state index contributed by atoms with van der Waals surface area (Å²) in [5.41, 5.74) is -1.24. The Balaban J connectivity index is 2.44. The van der Waals surface area contributed by atoms with Crippen molar-refractivity contribution < 1.29 is 14.7 Å². The maximum absolute atomic E-state index is 11.9. The Kier molecular flexibility index (Phi) is 4.56. The fraction of sp³-hybridized carbons (Fsp3) is 0.833. The number of hydrogen-bond acceptors (Lipinski definition) is 3. The molecule has 2 N–H and O–H groups in total. The molecule has 1 unspecified atom stereocenters. The summed E-state index contributed by atoms with van der Waals surface area (Å²) in [7, 11) is 3.76. The number of carbonyl (C=O) groups excluding carboxylic acids is 1. The first-order valence-corrected chi connectivity index (χ1v) is 6.17. The van der Waals surface area contributed by atoms with Gasteiger partial charge in [-0.1, -0.05) is 0 Å². The predicted octanol–water partition coefficient (Wildman–Crippen LogP) is 0.443. The molecule has 0 radical (unpaired) electrons. The van der Waals surface area contributed by atoms with Crippen LogP contribution in [-0.2, 0) is 4.79 Å². The lowest BCUT2D eigenvalue weighted by Crippen LogP contribution is -2.54. The van der Waals surface area contributed by atoms with Crippen LogP contribution in [0.2, 0.25) is 0 Å². The van der Waals surface area contributed by atoms with Gasteiger partial charge in [0.25, 0.3) is 0 Å². The predicted molar refractivity (Wildman–Crippen MR) is 68.5 cm³/mol. The summed E-state index contributed by atoms with van der Waals surface area (Å²) in [5, 5.41) is 11.5. The van der Waals surface area contributed by atoms with Crippen molar-refractivity contribution in [1.82, 2.24) is 15.1 Å². The zero-order valence-electron chi connectivity index (χ0n) is 11.6. The van der Waals surface area contributed by atoms with Crippen molar-refractivity contribution in [3.63, 3.8) is 0 Å². The lowest BCUT2D eigenvalue weighted by molar-refractivity contribution is -0.143. The summed E-state index contributed by atoms with van der Waals surface area (Å²) in [6, 6.07) is -0.336. The summed E-state index contributed by atoms with van der Waals surface area (Å²) in [6.45, 7) is 5.65. The molecule has 6 nitrogen and oxygen atoms in total. The third-order valence-electron chi connectivity index (χ3n) is 3.32. The quantitative estimate of drug-likeness (QED) is 0.766. The SMILES string of the molecule is CN1CCC(CN(C)C(=O)NC(C)(C)C(=O)O)C1. The summed E-state index contributed by atoms with van der Waals surface area (Å²) >= 11 is 0. The highest BCUT2D eigenvalue weighted by molar-refractivity contribution is 5.85. The number of carbonyl (C=O) groups is 2. The van der Waals surface area contributed by atoms with Gasteiger partial charge in [-0.05, 0) is 39.8 Å². The van der Waals surface area contributed by atoms with Crippen molar-refractivity contribution in [3.05, 3.63) is 0 Å². The molecule has 1 atom stereocenters. The van der Waals surface area contributed by atoms with Crippen LogP contribution in [0.1, 0.15) is 20.3 Å². The smallest absolute Gasteiger partial charge is 0.328 e. The number of nitrogens with one attached hydrogen (secondary N) is 1. The van der Waals surface area contributed by atoms with E-state index in [0.29, 0.717) is 12.5 Å². The van der Waals surface area contributed by atoms with E-state index in [2.05, 4.69) is 17.3 Å². The van der Waals surface area contributed by atoms with E-state index in [0.717, 1.165) is 19.5 Å². The van der Waals surface area contributed by atoms with Gasteiger partial charge in [0, 0.05) is 20.1 Å². The van der Waals surface area contributed by atoms with E-state index in [1.54, 1.807) is 11.9 Å². The average molecular weight is 257 g/mol. The molecule has 1 saturated heterocycles. The van der Waals surface area contributed by atoms with Crippen LogP contribution in [0, 0.1) is 5.92 Å². The standard InChI is InChI=1S/C12H23N3O3/c1-12(2,10(16)17)13-11(18)15(4)8-9-5-6-14(3)7-9/h9H,5-8H2,1-4H3,(H,13,18)(H,16,17). The van der Waals surface area contributed by atoms with Crippen molar-refractivity contribution in [2.75, 3.05) is 33.7 Å². The fourth-order valence-electron chi connectivity index (χ4n) is 2.06. The minimum Gasteiger partial charge on any atom is -0.480 e. The number of carboxylic acids is 1. The highest BCUT2D eigenvalue weighted by atomic mass is 16.4. The molecule has 18 heavy (non-hydrogen) atoms. The first kappa shape index (κ1) is 14.8. The molecule has 2 amide bonds. The maximum atomic E-state index is 11.9. The summed E-state index contributed by atoms with van der Waals surface area (Å²) < 4.78 is 0. The molecule has 0 aromatic rings. The second-order valence-electron chi connectivity index (χ2n) is 5.66. The largest absolute Gasteiger partial charge is 0.480 e. The van der Waals surface area contributed by atoms with Crippen LogP contribution >= 0.6 is 0 Å². The Hall–Kier alpha value is -1.30. The van der Waals surface area contributed by atoms with Crippen LogP contribution in [0.5, 0.6) is 0 Å². The van der Waals surface area contributed by atoms with Gasteiger partial charge in [0.05, 0.1) is 0 Å². The van der Waals surface area contributed by atoms with Crippen molar-refractivity contribution in [2.45, 2.75) is 25.8 Å². The van der Waals surface area contributed by atoms with Crippen molar-refractivity contribution >= 4 is 12.0 Å². The molecule has 1 heterocycles. The Morgan fingerprint density at radius 1 is 1.50 bits per heavy atom. The topological polar surface area (TPSA) is 72.9 Å². The van der Waals surface area contributed by atoms with Gasteiger partial charge in [-0.2, -0.15) is 0 Å². The van der Waals surface area contributed by atoms with Crippen LogP contribution in [-0.4, -0.2) is 66.2 Å².